The zero-order valence-electron chi connectivity index (χ0n) is 32.1. The first-order valence-electron chi connectivity index (χ1n) is 19.3. The highest BCUT2D eigenvalue weighted by molar-refractivity contribution is 6.38. The summed E-state index contributed by atoms with van der Waals surface area (Å²) in [6.45, 7) is 19.3. The van der Waals surface area contributed by atoms with Crippen LogP contribution in [0.1, 0.15) is 152 Å². The summed E-state index contributed by atoms with van der Waals surface area (Å²) in [7, 11) is 0. The van der Waals surface area contributed by atoms with Gasteiger partial charge in [0.25, 0.3) is 5.91 Å². The summed E-state index contributed by atoms with van der Waals surface area (Å²) >= 11 is 0. The van der Waals surface area contributed by atoms with Crippen molar-refractivity contribution >= 4 is 29.5 Å². The first kappa shape index (κ1) is 39.1. The van der Waals surface area contributed by atoms with E-state index in [4.69, 9.17) is 0 Å². The van der Waals surface area contributed by atoms with Gasteiger partial charge in [-0.2, -0.15) is 0 Å². The van der Waals surface area contributed by atoms with Crippen LogP contribution >= 0.6 is 0 Å². The number of ketones is 1. The second kappa shape index (κ2) is 15.3. The molecule has 3 aliphatic carbocycles. The highest BCUT2D eigenvalue weighted by Crippen LogP contribution is 2.53. The van der Waals surface area contributed by atoms with E-state index in [1.807, 2.05) is 27.7 Å². The van der Waals surface area contributed by atoms with Crippen molar-refractivity contribution in [1.82, 2.24) is 26.2 Å². The minimum atomic E-state index is -0.950. The van der Waals surface area contributed by atoms with E-state index in [2.05, 4.69) is 55.9 Å². The SMILES string of the molecule is CCCC(NC(=O)[C@@H]1[C@H]2CCC(C)(C)[C@H]2CN1C(=O)[C@@H](NC(=O)NC1(CCCC(C)(C)C)CCCCC1)C(C)(C)C)C(=O)C(=O)NC1CC1. The molecular formula is C39H67N5O5. The number of hydrogen-bond acceptors (Lipinski definition) is 5. The Morgan fingerprint density at radius 2 is 1.53 bits per heavy atom. The molecule has 5 amide bonds. The van der Waals surface area contributed by atoms with Crippen LogP contribution < -0.4 is 21.3 Å². The Labute approximate surface area is 295 Å². The number of Topliss-reactive ketones (excluding diaryl/α,β-unsaturated/α-hetero) is 1. The third-order valence-corrected chi connectivity index (χ3v) is 11.8. The second-order valence-electron chi connectivity index (χ2n) is 18.8. The molecule has 10 nitrogen and oxygen atoms in total. The molecule has 0 spiro atoms. The Morgan fingerprint density at radius 3 is 2.10 bits per heavy atom. The molecule has 4 aliphatic rings. The maximum Gasteiger partial charge on any atom is 0.315 e. The number of carbonyl (C=O) groups is 5. The van der Waals surface area contributed by atoms with E-state index in [1.165, 1.54) is 6.42 Å². The largest absolute Gasteiger partial charge is 0.347 e. The zero-order chi connectivity index (χ0) is 36.4. The van der Waals surface area contributed by atoms with Gasteiger partial charge < -0.3 is 26.2 Å². The van der Waals surface area contributed by atoms with Gasteiger partial charge in [0, 0.05) is 18.1 Å². The summed E-state index contributed by atoms with van der Waals surface area (Å²) in [4.78, 5) is 70.4. The Kier molecular flexibility index (Phi) is 12.2. The summed E-state index contributed by atoms with van der Waals surface area (Å²) in [6.07, 6.45) is 12.6. The molecule has 3 saturated carbocycles. The minimum Gasteiger partial charge on any atom is -0.347 e. The lowest BCUT2D eigenvalue weighted by Gasteiger charge is -2.41. The molecular weight excluding hydrogens is 618 g/mol. The summed E-state index contributed by atoms with van der Waals surface area (Å²) < 4.78 is 0. The number of likely N-dealkylation sites (tertiary alicyclic amines) is 1. The van der Waals surface area contributed by atoms with Gasteiger partial charge in [-0.1, -0.05) is 94.4 Å². The van der Waals surface area contributed by atoms with Gasteiger partial charge in [-0.3, -0.25) is 19.2 Å². The number of urea groups is 1. The van der Waals surface area contributed by atoms with Crippen LogP contribution in [0.2, 0.25) is 0 Å². The van der Waals surface area contributed by atoms with Gasteiger partial charge >= 0.3 is 6.03 Å². The van der Waals surface area contributed by atoms with Crippen LogP contribution in [0, 0.1) is 28.1 Å². The fourth-order valence-electron chi connectivity index (χ4n) is 8.69. The summed E-state index contributed by atoms with van der Waals surface area (Å²) in [5.41, 5.74) is -0.761. The number of nitrogens with zero attached hydrogens (tertiary/aromatic N) is 1. The van der Waals surface area contributed by atoms with Crippen LogP contribution in [0.5, 0.6) is 0 Å². The van der Waals surface area contributed by atoms with E-state index in [0.717, 1.165) is 70.6 Å². The molecule has 4 rings (SSSR count). The smallest absolute Gasteiger partial charge is 0.315 e. The molecule has 1 unspecified atom stereocenters. The van der Waals surface area contributed by atoms with Gasteiger partial charge in [-0.15, -0.1) is 0 Å². The van der Waals surface area contributed by atoms with Crippen LogP contribution in [0.15, 0.2) is 0 Å². The van der Waals surface area contributed by atoms with E-state index in [0.29, 0.717) is 19.4 Å². The van der Waals surface area contributed by atoms with Gasteiger partial charge in [-0.25, -0.2) is 4.79 Å². The molecule has 0 aromatic carbocycles. The van der Waals surface area contributed by atoms with E-state index in [-0.39, 0.29) is 52.1 Å². The first-order chi connectivity index (χ1) is 22.8. The maximum absolute atomic E-state index is 14.7. The number of hydrogen-bond donors (Lipinski definition) is 4. The molecule has 1 aliphatic heterocycles. The molecule has 0 bridgehead atoms. The molecule has 0 radical (unpaired) electrons. The van der Waals surface area contributed by atoms with Crippen molar-refractivity contribution in [3.05, 3.63) is 0 Å². The van der Waals surface area contributed by atoms with Crippen LogP contribution in [0.25, 0.3) is 0 Å². The van der Waals surface area contributed by atoms with Crippen molar-refractivity contribution in [1.29, 1.82) is 0 Å². The molecule has 0 aromatic rings. The standard InChI is InChI=1S/C39H67N5O5/c1-10-15-28(30(45)33(47)40-25-16-17-25)41-32(46)29-26-18-23-38(8,9)27(26)24-44(29)34(48)31(37(5,6)7)42-35(49)43-39(20-12-11-13-21-39)22-14-19-36(2,3)4/h25-29,31H,10-24H2,1-9H3,(H,40,47)(H,41,46)(H2,42,43,49)/t26-,27-,28?,29-,31+/m0/s1. The predicted octanol–water partition coefficient (Wildman–Crippen LogP) is 6.02. The van der Waals surface area contributed by atoms with Crippen LogP contribution in [-0.2, 0) is 19.2 Å². The molecule has 4 fully saturated rings. The first-order valence-corrected chi connectivity index (χ1v) is 19.3. The van der Waals surface area contributed by atoms with Crippen LogP contribution in [-0.4, -0.2) is 70.7 Å². The minimum absolute atomic E-state index is 0.0364. The fraction of sp³-hybridized carbons (Fsp3) is 0.872. The monoisotopic (exact) mass is 686 g/mol. The van der Waals surface area contributed by atoms with Gasteiger partial charge in [0.1, 0.15) is 12.1 Å². The zero-order valence-corrected chi connectivity index (χ0v) is 32.1. The predicted molar refractivity (Wildman–Crippen MR) is 193 cm³/mol. The fourth-order valence-corrected chi connectivity index (χ4v) is 8.69. The Morgan fingerprint density at radius 1 is 0.878 bits per heavy atom. The summed E-state index contributed by atoms with van der Waals surface area (Å²) in [6, 6.07) is -2.89. The third-order valence-electron chi connectivity index (χ3n) is 11.8. The lowest BCUT2D eigenvalue weighted by Crippen LogP contribution is -2.62. The number of fused-ring (bicyclic) bond motifs is 1. The molecule has 4 N–H and O–H groups in total. The Bertz CT molecular complexity index is 1220. The highest BCUT2D eigenvalue weighted by Gasteiger charge is 2.57. The Balaban J connectivity index is 1.54. The molecule has 278 valence electrons. The van der Waals surface area contributed by atoms with Gasteiger partial charge in [0.05, 0.1) is 6.04 Å². The van der Waals surface area contributed by atoms with Crippen molar-refractivity contribution in [2.75, 3.05) is 6.54 Å². The molecule has 0 aromatic heterocycles. The quantitative estimate of drug-likeness (QED) is 0.176. The average molecular weight is 686 g/mol. The van der Waals surface area contributed by atoms with Crippen molar-refractivity contribution in [2.45, 2.75) is 182 Å². The van der Waals surface area contributed by atoms with Gasteiger partial charge in [0.15, 0.2) is 0 Å². The average Bonchev–Trinajstić information content (AvgIpc) is 3.64. The van der Waals surface area contributed by atoms with Crippen LogP contribution in [0.3, 0.4) is 0 Å². The normalized spacial score (nSPS) is 25.9. The van der Waals surface area contributed by atoms with Crippen molar-refractivity contribution in [2.24, 2.45) is 28.1 Å². The van der Waals surface area contributed by atoms with Crippen molar-refractivity contribution in [3.8, 4) is 0 Å². The summed E-state index contributed by atoms with van der Waals surface area (Å²) in [5.74, 6) is -1.92. The number of carbonyl (C=O) groups excluding carboxylic acids is 5. The van der Waals surface area contributed by atoms with E-state index < -0.39 is 35.2 Å². The van der Waals surface area contributed by atoms with E-state index >= 15 is 0 Å². The van der Waals surface area contributed by atoms with E-state index in [1.54, 1.807) is 4.90 Å². The second-order valence-corrected chi connectivity index (χ2v) is 18.8. The van der Waals surface area contributed by atoms with Gasteiger partial charge in [-0.05, 0) is 85.9 Å². The molecule has 1 saturated heterocycles. The van der Waals surface area contributed by atoms with Gasteiger partial charge in [0.2, 0.25) is 17.6 Å². The topological polar surface area (TPSA) is 137 Å². The lowest BCUT2D eigenvalue weighted by atomic mass is 9.76. The summed E-state index contributed by atoms with van der Waals surface area (Å²) in [5, 5.41) is 12.1. The highest BCUT2D eigenvalue weighted by atomic mass is 16.2. The number of rotatable bonds is 13. The van der Waals surface area contributed by atoms with Crippen LogP contribution in [0.4, 0.5) is 4.79 Å². The van der Waals surface area contributed by atoms with E-state index in [9.17, 15) is 24.0 Å². The molecule has 1 heterocycles. The molecule has 49 heavy (non-hydrogen) atoms. The third kappa shape index (κ3) is 9.99. The Hall–Kier alpha value is -2.65. The molecule has 5 atom stereocenters. The molecule has 10 heteroatoms. The van der Waals surface area contributed by atoms with Crippen molar-refractivity contribution < 1.29 is 24.0 Å². The maximum atomic E-state index is 14.7. The number of nitrogens with one attached hydrogen (secondary N) is 4. The number of amides is 5. The van der Waals surface area contributed by atoms with Crippen molar-refractivity contribution in [3.63, 3.8) is 0 Å². The lowest BCUT2D eigenvalue weighted by molar-refractivity contribution is -0.144.